The number of nitrogens with zero attached hydrogens (tertiary/aromatic N) is 1. The minimum atomic E-state index is -4.56. The molecule has 2 amide bonds. The molecular weight excluding hydrogens is 321 g/mol. The maximum atomic E-state index is 12.2. The van der Waals surface area contributed by atoms with Gasteiger partial charge in [0.05, 0.1) is 0 Å². The molecule has 1 atom stereocenters. The van der Waals surface area contributed by atoms with Crippen LogP contribution >= 0.6 is 11.8 Å². The smallest absolute Gasteiger partial charge is 0.422 e. The molecule has 0 radical (unpaired) electrons. The standard InChI is InChI=1S/C13H19F3N2O3S/c14-13(15,16)8-21-12(20)18-5-1-2-10(18)11(19)17-9-3-6-22-7-4-9/h9-10H,1-8H2,(H,17,19). The van der Waals surface area contributed by atoms with Crippen molar-refractivity contribution < 1.29 is 27.5 Å². The Hall–Kier alpha value is -1.12. The van der Waals surface area contributed by atoms with Gasteiger partial charge in [0.2, 0.25) is 5.91 Å². The van der Waals surface area contributed by atoms with Gasteiger partial charge in [0.1, 0.15) is 6.04 Å². The molecule has 1 unspecified atom stereocenters. The first kappa shape index (κ1) is 17.2. The molecule has 2 aliphatic heterocycles. The summed E-state index contributed by atoms with van der Waals surface area (Å²) in [5, 5.41) is 2.89. The van der Waals surface area contributed by atoms with E-state index in [2.05, 4.69) is 10.1 Å². The molecule has 9 heteroatoms. The van der Waals surface area contributed by atoms with Crippen molar-refractivity contribution in [3.8, 4) is 0 Å². The Morgan fingerprint density at radius 2 is 1.91 bits per heavy atom. The number of hydrogen-bond donors (Lipinski definition) is 1. The average molecular weight is 340 g/mol. The molecule has 0 bridgehead atoms. The molecule has 2 heterocycles. The molecule has 2 rings (SSSR count). The molecule has 0 aromatic carbocycles. The molecule has 2 saturated heterocycles. The van der Waals surface area contributed by atoms with Crippen LogP contribution < -0.4 is 5.32 Å². The van der Waals surface area contributed by atoms with Crippen molar-refractivity contribution in [3.63, 3.8) is 0 Å². The summed E-state index contributed by atoms with van der Waals surface area (Å²) in [6, 6.07) is -0.641. The number of hydrogen-bond acceptors (Lipinski definition) is 4. The lowest BCUT2D eigenvalue weighted by Gasteiger charge is -2.27. The Morgan fingerprint density at radius 3 is 2.55 bits per heavy atom. The fraction of sp³-hybridized carbons (Fsp3) is 0.846. The van der Waals surface area contributed by atoms with Gasteiger partial charge in [-0.3, -0.25) is 9.69 Å². The highest BCUT2D eigenvalue weighted by atomic mass is 32.2. The molecule has 0 aromatic rings. The van der Waals surface area contributed by atoms with E-state index in [1.165, 1.54) is 0 Å². The van der Waals surface area contributed by atoms with E-state index in [1.807, 2.05) is 11.8 Å². The van der Waals surface area contributed by atoms with E-state index in [1.54, 1.807) is 0 Å². The number of likely N-dealkylation sites (tertiary alicyclic amines) is 1. The van der Waals surface area contributed by atoms with Crippen molar-refractivity contribution >= 4 is 23.8 Å². The highest BCUT2D eigenvalue weighted by Gasteiger charge is 2.38. The fourth-order valence-electron chi connectivity index (χ4n) is 2.62. The van der Waals surface area contributed by atoms with Crippen molar-refractivity contribution in [2.45, 2.75) is 43.9 Å². The van der Waals surface area contributed by atoms with Gasteiger partial charge in [-0.1, -0.05) is 0 Å². The molecule has 5 nitrogen and oxygen atoms in total. The van der Waals surface area contributed by atoms with Crippen LogP contribution in [0, 0.1) is 0 Å². The van der Waals surface area contributed by atoms with E-state index < -0.39 is 24.9 Å². The highest BCUT2D eigenvalue weighted by molar-refractivity contribution is 7.99. The van der Waals surface area contributed by atoms with Crippen LogP contribution in [0.1, 0.15) is 25.7 Å². The van der Waals surface area contributed by atoms with E-state index >= 15 is 0 Å². The zero-order valence-electron chi connectivity index (χ0n) is 12.0. The molecule has 0 saturated carbocycles. The molecule has 0 aromatic heterocycles. The number of carbonyl (C=O) groups excluding carboxylic acids is 2. The van der Waals surface area contributed by atoms with Gasteiger partial charge in [0, 0.05) is 12.6 Å². The Balaban J connectivity index is 1.86. The van der Waals surface area contributed by atoms with Crippen LogP contribution in [0.3, 0.4) is 0 Å². The maximum absolute atomic E-state index is 12.2. The second kappa shape index (κ2) is 7.43. The monoisotopic (exact) mass is 340 g/mol. The summed E-state index contributed by atoms with van der Waals surface area (Å²) in [5.41, 5.74) is 0. The molecule has 0 aliphatic carbocycles. The number of alkyl halides is 3. The Labute approximate surface area is 130 Å². The van der Waals surface area contributed by atoms with Crippen molar-refractivity contribution in [2.24, 2.45) is 0 Å². The van der Waals surface area contributed by atoms with Crippen LogP contribution in [-0.4, -0.2) is 59.8 Å². The van der Waals surface area contributed by atoms with Crippen molar-refractivity contribution in [3.05, 3.63) is 0 Å². The molecule has 126 valence electrons. The fourth-order valence-corrected chi connectivity index (χ4v) is 3.73. The number of ether oxygens (including phenoxy) is 1. The number of thioether (sulfide) groups is 1. The normalized spacial score (nSPS) is 23.4. The van der Waals surface area contributed by atoms with Crippen LogP contribution in [0.4, 0.5) is 18.0 Å². The lowest BCUT2D eigenvalue weighted by Crippen LogP contribution is -2.49. The predicted molar refractivity (Wildman–Crippen MR) is 75.6 cm³/mol. The van der Waals surface area contributed by atoms with Gasteiger partial charge in [0.25, 0.3) is 0 Å². The average Bonchev–Trinajstić information content (AvgIpc) is 2.94. The SMILES string of the molecule is O=C(NC1CCSCC1)C1CCCN1C(=O)OCC(F)(F)F. The molecule has 2 fully saturated rings. The van der Waals surface area contributed by atoms with Crippen LogP contribution in [0.5, 0.6) is 0 Å². The van der Waals surface area contributed by atoms with E-state index in [0.29, 0.717) is 12.8 Å². The molecule has 1 N–H and O–H groups in total. The minimum absolute atomic E-state index is 0.0856. The van der Waals surface area contributed by atoms with E-state index in [0.717, 1.165) is 29.2 Å². The van der Waals surface area contributed by atoms with Gasteiger partial charge in [-0.2, -0.15) is 24.9 Å². The summed E-state index contributed by atoms with van der Waals surface area (Å²) in [4.78, 5) is 25.1. The zero-order chi connectivity index (χ0) is 16.2. The number of halogens is 3. The lowest BCUT2D eigenvalue weighted by atomic mass is 10.1. The van der Waals surface area contributed by atoms with Crippen LogP contribution in [0.15, 0.2) is 0 Å². The quantitative estimate of drug-likeness (QED) is 0.855. The maximum Gasteiger partial charge on any atom is 0.422 e. The molecule has 0 spiro atoms. The Kier molecular flexibility index (Phi) is 5.82. The van der Waals surface area contributed by atoms with Gasteiger partial charge in [-0.05, 0) is 37.2 Å². The Morgan fingerprint density at radius 1 is 1.23 bits per heavy atom. The van der Waals surface area contributed by atoms with Crippen molar-refractivity contribution in [1.82, 2.24) is 10.2 Å². The first-order valence-electron chi connectivity index (χ1n) is 7.25. The molecule has 2 aliphatic rings. The van der Waals surface area contributed by atoms with Crippen LogP contribution in [0.25, 0.3) is 0 Å². The second-order valence-electron chi connectivity index (χ2n) is 5.42. The predicted octanol–water partition coefficient (Wildman–Crippen LogP) is 2.16. The van der Waals surface area contributed by atoms with Crippen molar-refractivity contribution in [2.75, 3.05) is 24.7 Å². The van der Waals surface area contributed by atoms with Crippen molar-refractivity contribution in [1.29, 1.82) is 0 Å². The third kappa shape index (κ3) is 4.96. The second-order valence-corrected chi connectivity index (χ2v) is 6.64. The van der Waals surface area contributed by atoms with Gasteiger partial charge in [-0.15, -0.1) is 0 Å². The number of carbonyl (C=O) groups is 2. The van der Waals surface area contributed by atoms with Gasteiger partial charge in [0.15, 0.2) is 6.61 Å². The third-order valence-electron chi connectivity index (χ3n) is 3.72. The van der Waals surface area contributed by atoms with E-state index in [-0.39, 0.29) is 18.5 Å². The molecule has 22 heavy (non-hydrogen) atoms. The first-order valence-corrected chi connectivity index (χ1v) is 8.40. The largest absolute Gasteiger partial charge is 0.440 e. The van der Waals surface area contributed by atoms with Gasteiger partial charge < -0.3 is 10.1 Å². The van der Waals surface area contributed by atoms with E-state index in [4.69, 9.17) is 0 Å². The summed E-state index contributed by atoms with van der Waals surface area (Å²) in [6.45, 7) is -1.38. The van der Waals surface area contributed by atoms with Gasteiger partial charge in [-0.25, -0.2) is 4.79 Å². The number of rotatable bonds is 3. The highest BCUT2D eigenvalue weighted by Crippen LogP contribution is 2.22. The number of nitrogens with one attached hydrogen (secondary N) is 1. The summed E-state index contributed by atoms with van der Waals surface area (Å²) in [7, 11) is 0. The minimum Gasteiger partial charge on any atom is -0.440 e. The van der Waals surface area contributed by atoms with Gasteiger partial charge >= 0.3 is 12.3 Å². The van der Waals surface area contributed by atoms with Crippen LogP contribution in [0.2, 0.25) is 0 Å². The first-order chi connectivity index (χ1) is 10.4. The topological polar surface area (TPSA) is 58.6 Å². The number of amides is 2. The zero-order valence-corrected chi connectivity index (χ0v) is 12.8. The summed E-state index contributed by atoms with van der Waals surface area (Å²) in [5.74, 6) is 1.67. The summed E-state index contributed by atoms with van der Waals surface area (Å²) in [6.07, 6.45) is -2.85. The third-order valence-corrected chi connectivity index (χ3v) is 4.77. The van der Waals surface area contributed by atoms with Crippen LogP contribution in [-0.2, 0) is 9.53 Å². The summed E-state index contributed by atoms with van der Waals surface area (Å²) >= 11 is 1.83. The summed E-state index contributed by atoms with van der Waals surface area (Å²) < 4.78 is 40.5. The Bertz CT molecular complexity index is 414. The molecular formula is C13H19F3N2O3S. The van der Waals surface area contributed by atoms with E-state index in [9.17, 15) is 22.8 Å². The lowest BCUT2D eigenvalue weighted by molar-refractivity contribution is -0.162.